The van der Waals surface area contributed by atoms with Gasteiger partial charge >= 0.3 is 0 Å². The predicted molar refractivity (Wildman–Crippen MR) is 63.3 cm³/mol. The van der Waals surface area contributed by atoms with Gasteiger partial charge in [0.25, 0.3) is 0 Å². The molecule has 1 aromatic heterocycles. The first-order valence-corrected chi connectivity index (χ1v) is 5.79. The van der Waals surface area contributed by atoms with Crippen LogP contribution in [-0.2, 0) is 6.54 Å². The Labute approximate surface area is 95.2 Å². The molecule has 0 spiro atoms. The lowest BCUT2D eigenvalue weighted by Crippen LogP contribution is -2.16. The lowest BCUT2D eigenvalue weighted by atomic mass is 10.2. The molecular weight excluding hydrogens is 210 g/mol. The molecule has 82 valence electrons. The van der Waals surface area contributed by atoms with Crippen molar-refractivity contribution < 1.29 is 0 Å². The monoisotopic (exact) mass is 225 g/mol. The standard InChI is InChI=1S/C11H16ClN3/c1-2-13-11-5-8(10(12)7-15-11)6-14-9-3-4-9/h5,7,9,14H,2-4,6H2,1H3,(H,13,15). The van der Waals surface area contributed by atoms with Crippen molar-refractivity contribution in [1.82, 2.24) is 10.3 Å². The zero-order chi connectivity index (χ0) is 10.7. The van der Waals surface area contributed by atoms with Crippen LogP contribution in [0.4, 0.5) is 5.82 Å². The molecule has 0 atom stereocenters. The minimum atomic E-state index is 0.705. The summed E-state index contributed by atoms with van der Waals surface area (Å²) in [5.74, 6) is 0.898. The number of rotatable bonds is 5. The summed E-state index contributed by atoms with van der Waals surface area (Å²) in [5, 5.41) is 7.36. The van der Waals surface area contributed by atoms with Gasteiger partial charge in [0, 0.05) is 25.3 Å². The van der Waals surface area contributed by atoms with Crippen molar-refractivity contribution in [3.8, 4) is 0 Å². The maximum atomic E-state index is 6.07. The highest BCUT2D eigenvalue weighted by molar-refractivity contribution is 6.31. The van der Waals surface area contributed by atoms with Gasteiger partial charge in [-0.2, -0.15) is 0 Å². The number of anilines is 1. The van der Waals surface area contributed by atoms with Crippen molar-refractivity contribution >= 4 is 17.4 Å². The molecule has 0 aromatic carbocycles. The average Bonchev–Trinajstić information content (AvgIpc) is 3.03. The fraction of sp³-hybridized carbons (Fsp3) is 0.545. The van der Waals surface area contributed by atoms with Gasteiger partial charge in [0.1, 0.15) is 5.82 Å². The molecule has 0 radical (unpaired) electrons. The van der Waals surface area contributed by atoms with Crippen LogP contribution in [0.2, 0.25) is 5.02 Å². The van der Waals surface area contributed by atoms with E-state index in [2.05, 4.69) is 22.5 Å². The van der Waals surface area contributed by atoms with Crippen molar-refractivity contribution in [2.45, 2.75) is 32.4 Å². The SMILES string of the molecule is CCNc1cc(CNC2CC2)c(Cl)cn1. The fourth-order valence-electron chi connectivity index (χ4n) is 1.44. The van der Waals surface area contributed by atoms with E-state index in [0.717, 1.165) is 29.5 Å². The van der Waals surface area contributed by atoms with E-state index in [-0.39, 0.29) is 0 Å². The summed E-state index contributed by atoms with van der Waals surface area (Å²) in [6.45, 7) is 3.77. The summed E-state index contributed by atoms with van der Waals surface area (Å²) in [5.41, 5.74) is 1.12. The molecule has 0 amide bonds. The molecule has 1 heterocycles. The Morgan fingerprint density at radius 3 is 3.00 bits per heavy atom. The molecule has 0 unspecified atom stereocenters. The number of pyridine rings is 1. The number of hydrogen-bond donors (Lipinski definition) is 2. The molecule has 1 aliphatic rings. The molecule has 2 rings (SSSR count). The summed E-state index contributed by atoms with van der Waals surface area (Å²) in [7, 11) is 0. The molecule has 3 nitrogen and oxygen atoms in total. The van der Waals surface area contributed by atoms with E-state index in [1.54, 1.807) is 6.20 Å². The number of nitrogens with zero attached hydrogens (tertiary/aromatic N) is 1. The van der Waals surface area contributed by atoms with Gasteiger partial charge < -0.3 is 10.6 Å². The Morgan fingerprint density at radius 2 is 2.33 bits per heavy atom. The van der Waals surface area contributed by atoms with Gasteiger partial charge in [-0.05, 0) is 31.4 Å². The van der Waals surface area contributed by atoms with Crippen LogP contribution in [-0.4, -0.2) is 17.6 Å². The maximum Gasteiger partial charge on any atom is 0.126 e. The summed E-state index contributed by atoms with van der Waals surface area (Å²) < 4.78 is 0. The van der Waals surface area contributed by atoms with Crippen molar-refractivity contribution in [3.05, 3.63) is 22.8 Å². The Balaban J connectivity index is 2.01. The maximum absolute atomic E-state index is 6.07. The van der Waals surface area contributed by atoms with Crippen LogP contribution in [0.3, 0.4) is 0 Å². The van der Waals surface area contributed by atoms with E-state index in [1.807, 2.05) is 6.07 Å². The summed E-state index contributed by atoms with van der Waals surface area (Å²) in [6.07, 6.45) is 4.30. The smallest absolute Gasteiger partial charge is 0.126 e. The molecule has 1 aromatic rings. The second kappa shape index (κ2) is 4.81. The van der Waals surface area contributed by atoms with E-state index in [4.69, 9.17) is 11.6 Å². The molecule has 0 saturated heterocycles. The van der Waals surface area contributed by atoms with Crippen LogP contribution in [0.1, 0.15) is 25.3 Å². The van der Waals surface area contributed by atoms with Crippen LogP contribution < -0.4 is 10.6 Å². The largest absolute Gasteiger partial charge is 0.370 e. The number of halogens is 1. The van der Waals surface area contributed by atoms with E-state index in [9.17, 15) is 0 Å². The van der Waals surface area contributed by atoms with Crippen molar-refractivity contribution in [1.29, 1.82) is 0 Å². The fourth-order valence-corrected chi connectivity index (χ4v) is 1.61. The second-order valence-electron chi connectivity index (χ2n) is 3.85. The molecule has 0 aliphatic heterocycles. The molecule has 1 fully saturated rings. The average molecular weight is 226 g/mol. The highest BCUT2D eigenvalue weighted by Gasteiger charge is 2.20. The number of aromatic nitrogens is 1. The zero-order valence-electron chi connectivity index (χ0n) is 8.89. The summed E-state index contributed by atoms with van der Waals surface area (Å²) >= 11 is 6.07. The Kier molecular flexibility index (Phi) is 3.44. The Bertz CT molecular complexity index is 337. The van der Waals surface area contributed by atoms with Gasteiger partial charge in [0.05, 0.1) is 5.02 Å². The predicted octanol–water partition coefficient (Wildman–Crippen LogP) is 2.42. The van der Waals surface area contributed by atoms with Gasteiger partial charge in [-0.15, -0.1) is 0 Å². The first-order chi connectivity index (χ1) is 7.29. The molecule has 15 heavy (non-hydrogen) atoms. The van der Waals surface area contributed by atoms with Crippen molar-refractivity contribution in [2.75, 3.05) is 11.9 Å². The third-order valence-electron chi connectivity index (χ3n) is 2.45. The van der Waals surface area contributed by atoms with Gasteiger partial charge in [0.2, 0.25) is 0 Å². The van der Waals surface area contributed by atoms with Gasteiger partial charge in [-0.1, -0.05) is 11.6 Å². The summed E-state index contributed by atoms with van der Waals surface area (Å²) in [6, 6.07) is 2.72. The van der Waals surface area contributed by atoms with Gasteiger partial charge in [-0.3, -0.25) is 0 Å². The lowest BCUT2D eigenvalue weighted by Gasteiger charge is -2.08. The van der Waals surface area contributed by atoms with Crippen LogP contribution >= 0.6 is 11.6 Å². The topological polar surface area (TPSA) is 37.0 Å². The number of hydrogen-bond acceptors (Lipinski definition) is 3. The normalized spacial score (nSPS) is 15.3. The molecule has 1 aliphatic carbocycles. The van der Waals surface area contributed by atoms with Crippen LogP contribution in [0.15, 0.2) is 12.3 Å². The van der Waals surface area contributed by atoms with Gasteiger partial charge in [-0.25, -0.2) is 4.98 Å². The van der Waals surface area contributed by atoms with Crippen LogP contribution in [0.5, 0.6) is 0 Å². The Hall–Kier alpha value is -0.800. The molecule has 2 N–H and O–H groups in total. The minimum Gasteiger partial charge on any atom is -0.370 e. The Morgan fingerprint density at radius 1 is 1.53 bits per heavy atom. The highest BCUT2D eigenvalue weighted by Crippen LogP contribution is 2.22. The van der Waals surface area contributed by atoms with E-state index < -0.39 is 0 Å². The lowest BCUT2D eigenvalue weighted by molar-refractivity contribution is 0.687. The molecule has 0 bridgehead atoms. The minimum absolute atomic E-state index is 0.705. The molecule has 1 saturated carbocycles. The summed E-state index contributed by atoms with van der Waals surface area (Å²) in [4.78, 5) is 4.20. The highest BCUT2D eigenvalue weighted by atomic mass is 35.5. The zero-order valence-corrected chi connectivity index (χ0v) is 9.64. The molecule has 4 heteroatoms. The van der Waals surface area contributed by atoms with E-state index in [0.29, 0.717) is 6.04 Å². The third-order valence-corrected chi connectivity index (χ3v) is 2.79. The van der Waals surface area contributed by atoms with Crippen molar-refractivity contribution in [3.63, 3.8) is 0 Å². The second-order valence-corrected chi connectivity index (χ2v) is 4.25. The number of nitrogens with one attached hydrogen (secondary N) is 2. The molecular formula is C11H16ClN3. The van der Waals surface area contributed by atoms with E-state index >= 15 is 0 Å². The third kappa shape index (κ3) is 3.08. The van der Waals surface area contributed by atoms with Crippen molar-refractivity contribution in [2.24, 2.45) is 0 Å². The van der Waals surface area contributed by atoms with Crippen LogP contribution in [0, 0.1) is 0 Å². The first kappa shape index (κ1) is 10.7. The van der Waals surface area contributed by atoms with Gasteiger partial charge in [0.15, 0.2) is 0 Å². The van der Waals surface area contributed by atoms with E-state index in [1.165, 1.54) is 12.8 Å². The van der Waals surface area contributed by atoms with Crippen LogP contribution in [0.25, 0.3) is 0 Å². The first-order valence-electron chi connectivity index (χ1n) is 5.41. The quantitative estimate of drug-likeness (QED) is 0.808.